The largest absolute Gasteiger partial charge is 0.507 e. The highest BCUT2D eigenvalue weighted by Gasteiger charge is 2.42. The third-order valence-electron chi connectivity index (χ3n) is 6.16. The number of hydrogen-bond acceptors (Lipinski definition) is 5. The Kier molecular flexibility index (Phi) is 7.34. The molecule has 0 saturated carbocycles. The molecule has 7 nitrogen and oxygen atoms in total. The van der Waals surface area contributed by atoms with Gasteiger partial charge in [-0.15, -0.1) is 0 Å². The number of benzene rings is 2. The van der Waals surface area contributed by atoms with Crippen LogP contribution in [0.1, 0.15) is 41.2 Å². The van der Waals surface area contributed by atoms with Crippen LogP contribution in [0.25, 0.3) is 0 Å². The lowest BCUT2D eigenvalue weighted by atomic mass is 9.86. The van der Waals surface area contributed by atoms with Crippen molar-refractivity contribution in [3.05, 3.63) is 55.7 Å². The van der Waals surface area contributed by atoms with Gasteiger partial charge in [-0.05, 0) is 91.1 Å². The van der Waals surface area contributed by atoms with Crippen molar-refractivity contribution in [1.82, 2.24) is 10.6 Å². The van der Waals surface area contributed by atoms with Gasteiger partial charge in [-0.3, -0.25) is 9.59 Å². The molecular weight excluding hydrogens is 523 g/mol. The average Bonchev–Trinajstić information content (AvgIpc) is 2.78. The highest BCUT2D eigenvalue weighted by Crippen LogP contribution is 2.43. The van der Waals surface area contributed by atoms with Crippen LogP contribution in [-0.4, -0.2) is 40.3 Å². The van der Waals surface area contributed by atoms with Crippen LogP contribution in [0.15, 0.2) is 24.3 Å². The predicted molar refractivity (Wildman–Crippen MR) is 130 cm³/mol. The van der Waals surface area contributed by atoms with E-state index < -0.39 is 30.1 Å². The van der Waals surface area contributed by atoms with Crippen LogP contribution in [-0.2, 0) is 22.6 Å². The number of fused-ring (bicyclic) bond motifs is 1. The SMILES string of the molecule is Cc1c(C)c2c(c(C)c1O)CCC(C)(C(=O)NC(CO)C(=O)NCc1cccc(I)c1)O2. The second kappa shape index (κ2) is 9.66. The number of phenolic OH excluding ortho intramolecular Hbond substituents is 1. The van der Waals surface area contributed by atoms with Crippen LogP contribution in [0.2, 0.25) is 0 Å². The zero-order valence-electron chi connectivity index (χ0n) is 18.7. The van der Waals surface area contributed by atoms with E-state index >= 15 is 0 Å². The maximum atomic E-state index is 13.1. The molecule has 3 rings (SSSR count). The maximum absolute atomic E-state index is 13.1. The number of nitrogens with one attached hydrogen (secondary N) is 2. The van der Waals surface area contributed by atoms with E-state index in [-0.39, 0.29) is 5.75 Å². The number of amides is 2. The third kappa shape index (κ3) is 4.85. The Balaban J connectivity index is 1.70. The first kappa shape index (κ1) is 24.3. The summed E-state index contributed by atoms with van der Waals surface area (Å²) in [5.41, 5.74) is 2.89. The molecule has 2 amide bonds. The van der Waals surface area contributed by atoms with Gasteiger partial charge in [0.05, 0.1) is 6.61 Å². The van der Waals surface area contributed by atoms with E-state index in [0.29, 0.717) is 30.7 Å². The van der Waals surface area contributed by atoms with Gasteiger partial charge in [0, 0.05) is 22.1 Å². The Morgan fingerprint density at radius 3 is 2.59 bits per heavy atom. The van der Waals surface area contributed by atoms with Crippen LogP contribution in [0.5, 0.6) is 11.5 Å². The quantitative estimate of drug-likeness (QED) is 0.413. The molecule has 1 heterocycles. The van der Waals surface area contributed by atoms with E-state index in [1.807, 2.05) is 45.0 Å². The number of rotatable bonds is 6. The molecule has 0 spiro atoms. The highest BCUT2D eigenvalue weighted by atomic mass is 127. The number of aromatic hydroxyl groups is 1. The van der Waals surface area contributed by atoms with Gasteiger partial charge < -0.3 is 25.6 Å². The Bertz CT molecular complexity index is 1060. The first-order chi connectivity index (χ1) is 15.1. The molecule has 8 heteroatoms. The maximum Gasteiger partial charge on any atom is 0.264 e. The molecular formula is C24H29IN2O5. The van der Waals surface area contributed by atoms with Crippen molar-refractivity contribution in [2.75, 3.05) is 6.61 Å². The fraction of sp³-hybridized carbons (Fsp3) is 0.417. The fourth-order valence-electron chi connectivity index (χ4n) is 3.87. The molecule has 0 aromatic heterocycles. The zero-order chi connectivity index (χ0) is 23.6. The summed E-state index contributed by atoms with van der Waals surface area (Å²) < 4.78 is 7.21. The van der Waals surface area contributed by atoms with Crippen LogP contribution >= 0.6 is 22.6 Å². The van der Waals surface area contributed by atoms with Crippen LogP contribution in [0.3, 0.4) is 0 Å². The van der Waals surface area contributed by atoms with Gasteiger partial charge in [-0.25, -0.2) is 0 Å². The summed E-state index contributed by atoms with van der Waals surface area (Å²) in [6.45, 7) is 6.96. The number of hydrogen-bond donors (Lipinski definition) is 4. The number of aliphatic hydroxyl groups is 1. The lowest BCUT2D eigenvalue weighted by molar-refractivity contribution is -0.140. The Morgan fingerprint density at radius 2 is 1.94 bits per heavy atom. The van der Waals surface area contributed by atoms with Gasteiger partial charge in [0.25, 0.3) is 5.91 Å². The molecule has 0 radical (unpaired) electrons. The molecule has 0 bridgehead atoms. The van der Waals surface area contributed by atoms with Crippen LogP contribution < -0.4 is 15.4 Å². The van der Waals surface area contributed by atoms with Crippen molar-refractivity contribution < 1.29 is 24.5 Å². The Labute approximate surface area is 201 Å². The molecule has 2 atom stereocenters. The molecule has 1 aliphatic rings. The molecule has 2 unspecified atom stereocenters. The van der Waals surface area contributed by atoms with Crippen molar-refractivity contribution in [3.8, 4) is 11.5 Å². The van der Waals surface area contributed by atoms with Crippen molar-refractivity contribution in [1.29, 1.82) is 0 Å². The lowest BCUT2D eigenvalue weighted by Gasteiger charge is -2.37. The summed E-state index contributed by atoms with van der Waals surface area (Å²) in [5, 5.41) is 25.5. The number of halogens is 1. The first-order valence-corrected chi connectivity index (χ1v) is 11.6. The number of phenols is 1. The number of carbonyl (C=O) groups is 2. The van der Waals surface area contributed by atoms with Gasteiger partial charge in [0.15, 0.2) is 5.60 Å². The summed E-state index contributed by atoms with van der Waals surface area (Å²) >= 11 is 2.20. The van der Waals surface area contributed by atoms with Crippen LogP contribution in [0, 0.1) is 24.3 Å². The normalized spacial score (nSPS) is 18.3. The minimum Gasteiger partial charge on any atom is -0.507 e. The summed E-state index contributed by atoms with van der Waals surface area (Å²) in [4.78, 5) is 25.7. The number of ether oxygens (including phenoxy) is 1. The Morgan fingerprint density at radius 1 is 1.22 bits per heavy atom. The van der Waals surface area contributed by atoms with E-state index in [2.05, 4.69) is 33.2 Å². The number of aliphatic hydroxyl groups excluding tert-OH is 1. The predicted octanol–water partition coefficient (Wildman–Crippen LogP) is 2.80. The summed E-state index contributed by atoms with van der Waals surface area (Å²) in [5.74, 6) is -0.0740. The number of carbonyl (C=O) groups excluding carboxylic acids is 2. The molecule has 2 aromatic rings. The van der Waals surface area contributed by atoms with Gasteiger partial charge in [0.1, 0.15) is 17.5 Å². The molecule has 1 aliphatic heterocycles. The van der Waals surface area contributed by atoms with E-state index in [1.165, 1.54) is 0 Å². The summed E-state index contributed by atoms with van der Waals surface area (Å²) in [7, 11) is 0. The van der Waals surface area contributed by atoms with E-state index in [9.17, 15) is 19.8 Å². The van der Waals surface area contributed by atoms with Crippen molar-refractivity contribution >= 4 is 34.4 Å². The lowest BCUT2D eigenvalue weighted by Crippen LogP contribution is -2.57. The second-order valence-electron chi connectivity index (χ2n) is 8.42. The molecule has 2 aromatic carbocycles. The van der Waals surface area contributed by atoms with Crippen molar-refractivity contribution in [3.63, 3.8) is 0 Å². The molecule has 32 heavy (non-hydrogen) atoms. The molecule has 4 N–H and O–H groups in total. The fourth-order valence-corrected chi connectivity index (χ4v) is 4.48. The average molecular weight is 552 g/mol. The van der Waals surface area contributed by atoms with Gasteiger partial charge in [-0.2, -0.15) is 0 Å². The van der Waals surface area contributed by atoms with E-state index in [1.54, 1.807) is 6.92 Å². The zero-order valence-corrected chi connectivity index (χ0v) is 20.9. The van der Waals surface area contributed by atoms with E-state index in [4.69, 9.17) is 4.74 Å². The monoisotopic (exact) mass is 552 g/mol. The highest BCUT2D eigenvalue weighted by molar-refractivity contribution is 14.1. The minimum absolute atomic E-state index is 0.253. The van der Waals surface area contributed by atoms with Crippen LogP contribution in [0.4, 0.5) is 0 Å². The smallest absolute Gasteiger partial charge is 0.264 e. The second-order valence-corrected chi connectivity index (χ2v) is 9.67. The summed E-state index contributed by atoms with van der Waals surface area (Å²) in [6.07, 6.45) is 0.944. The van der Waals surface area contributed by atoms with Crippen molar-refractivity contribution in [2.45, 2.75) is 58.7 Å². The molecule has 0 fully saturated rings. The summed E-state index contributed by atoms with van der Waals surface area (Å²) in [6, 6.07) is 6.62. The van der Waals surface area contributed by atoms with Gasteiger partial charge >= 0.3 is 0 Å². The molecule has 0 saturated heterocycles. The standard InChI is InChI=1S/C24H29IN2O5/c1-13-14(2)21-18(15(3)20(13)29)8-9-24(4,32-21)23(31)27-19(12-28)22(30)26-11-16-6-5-7-17(25)10-16/h5-7,10,19,28-29H,8-9,11-12H2,1-4H3,(H,26,30)(H,27,31). The molecule has 0 aliphatic carbocycles. The first-order valence-electron chi connectivity index (χ1n) is 10.5. The Hall–Kier alpha value is -2.33. The van der Waals surface area contributed by atoms with Crippen molar-refractivity contribution in [2.24, 2.45) is 0 Å². The third-order valence-corrected chi connectivity index (χ3v) is 6.83. The minimum atomic E-state index is -1.20. The van der Waals surface area contributed by atoms with Gasteiger partial charge in [-0.1, -0.05) is 12.1 Å². The van der Waals surface area contributed by atoms with Gasteiger partial charge in [0.2, 0.25) is 5.91 Å². The topological polar surface area (TPSA) is 108 Å². The van der Waals surface area contributed by atoms with E-state index in [0.717, 1.165) is 25.8 Å². The molecule has 172 valence electrons.